The Morgan fingerprint density at radius 2 is 1.88 bits per heavy atom. The van der Waals surface area contributed by atoms with Crippen LogP contribution in [-0.2, 0) is 0 Å². The summed E-state index contributed by atoms with van der Waals surface area (Å²) in [5.74, 6) is 0.900. The SMILES string of the molecule is Cc1ccc(-c2c(Cl)nc3ncnn3c2N2CCCCCC2)c(F)c1. The number of aromatic nitrogens is 4. The Hall–Kier alpha value is -2.21. The lowest BCUT2D eigenvalue weighted by atomic mass is 10.0. The van der Waals surface area contributed by atoms with Gasteiger partial charge < -0.3 is 4.90 Å². The van der Waals surface area contributed by atoms with Gasteiger partial charge in [-0.05, 0) is 31.4 Å². The molecule has 0 N–H and O–H groups in total. The van der Waals surface area contributed by atoms with Gasteiger partial charge in [0, 0.05) is 18.7 Å². The van der Waals surface area contributed by atoms with Crippen LogP contribution in [0, 0.1) is 12.7 Å². The Kier molecular flexibility index (Phi) is 4.29. The molecule has 0 saturated carbocycles. The summed E-state index contributed by atoms with van der Waals surface area (Å²) in [5, 5.41) is 4.57. The average molecular weight is 360 g/mol. The minimum Gasteiger partial charge on any atom is -0.356 e. The first-order valence-electron chi connectivity index (χ1n) is 8.56. The van der Waals surface area contributed by atoms with Gasteiger partial charge in [0.2, 0.25) is 0 Å². The van der Waals surface area contributed by atoms with Crippen LogP contribution in [0.25, 0.3) is 16.9 Å². The number of benzene rings is 1. The van der Waals surface area contributed by atoms with Gasteiger partial charge in [-0.1, -0.05) is 36.6 Å². The first-order valence-corrected chi connectivity index (χ1v) is 8.93. The normalized spacial score (nSPS) is 15.6. The van der Waals surface area contributed by atoms with Crippen molar-refractivity contribution in [2.24, 2.45) is 0 Å². The molecule has 1 aliphatic rings. The van der Waals surface area contributed by atoms with E-state index >= 15 is 0 Å². The van der Waals surface area contributed by atoms with Crippen LogP contribution in [0.5, 0.6) is 0 Å². The summed E-state index contributed by atoms with van der Waals surface area (Å²) in [6, 6.07) is 5.16. The van der Waals surface area contributed by atoms with E-state index in [1.165, 1.54) is 25.2 Å². The van der Waals surface area contributed by atoms with E-state index in [2.05, 4.69) is 20.0 Å². The van der Waals surface area contributed by atoms with Gasteiger partial charge in [0.1, 0.15) is 23.1 Å². The molecule has 1 saturated heterocycles. The van der Waals surface area contributed by atoms with E-state index in [1.807, 2.05) is 13.0 Å². The van der Waals surface area contributed by atoms with Crippen molar-refractivity contribution >= 4 is 23.2 Å². The number of aryl methyl sites for hydroxylation is 1. The lowest BCUT2D eigenvalue weighted by Gasteiger charge is -2.26. The molecular formula is C18H19ClFN5. The lowest BCUT2D eigenvalue weighted by molar-refractivity contribution is 0.629. The van der Waals surface area contributed by atoms with Crippen LogP contribution in [0.2, 0.25) is 5.15 Å². The number of fused-ring (bicyclic) bond motifs is 1. The van der Waals surface area contributed by atoms with Crippen LogP contribution in [-0.4, -0.2) is 32.7 Å². The van der Waals surface area contributed by atoms with E-state index in [9.17, 15) is 4.39 Å². The molecular weight excluding hydrogens is 341 g/mol. The zero-order valence-corrected chi connectivity index (χ0v) is 14.8. The van der Waals surface area contributed by atoms with E-state index in [4.69, 9.17) is 11.6 Å². The summed E-state index contributed by atoms with van der Waals surface area (Å²) in [4.78, 5) is 10.7. The molecule has 3 heterocycles. The summed E-state index contributed by atoms with van der Waals surface area (Å²) < 4.78 is 16.4. The summed E-state index contributed by atoms with van der Waals surface area (Å²) in [5.41, 5.74) is 1.89. The fraction of sp³-hybridized carbons (Fsp3) is 0.389. The molecule has 0 aliphatic carbocycles. The summed E-state index contributed by atoms with van der Waals surface area (Å²) in [6.45, 7) is 3.63. The summed E-state index contributed by atoms with van der Waals surface area (Å²) in [7, 11) is 0. The Balaban J connectivity index is 1.98. The van der Waals surface area contributed by atoms with Crippen molar-refractivity contribution in [2.45, 2.75) is 32.6 Å². The molecule has 5 nitrogen and oxygen atoms in total. The minimum atomic E-state index is -0.306. The third-order valence-electron chi connectivity index (χ3n) is 4.66. The average Bonchev–Trinajstić information content (AvgIpc) is 2.87. The number of hydrogen-bond donors (Lipinski definition) is 0. The zero-order chi connectivity index (χ0) is 17.4. The predicted molar refractivity (Wildman–Crippen MR) is 96.6 cm³/mol. The van der Waals surface area contributed by atoms with E-state index in [0.29, 0.717) is 16.9 Å². The van der Waals surface area contributed by atoms with E-state index in [-0.39, 0.29) is 11.0 Å². The third-order valence-corrected chi connectivity index (χ3v) is 4.93. The van der Waals surface area contributed by atoms with Crippen molar-refractivity contribution in [3.63, 3.8) is 0 Å². The van der Waals surface area contributed by atoms with Crippen LogP contribution in [0.1, 0.15) is 31.2 Å². The second kappa shape index (κ2) is 6.59. The molecule has 4 rings (SSSR count). The van der Waals surface area contributed by atoms with E-state index in [0.717, 1.165) is 37.3 Å². The molecule has 1 aromatic carbocycles. The number of rotatable bonds is 2. The van der Waals surface area contributed by atoms with Crippen molar-refractivity contribution in [1.82, 2.24) is 19.6 Å². The Bertz CT molecular complexity index is 915. The van der Waals surface area contributed by atoms with Gasteiger partial charge in [-0.2, -0.15) is 19.6 Å². The molecule has 25 heavy (non-hydrogen) atoms. The highest BCUT2D eigenvalue weighted by molar-refractivity contribution is 6.33. The fourth-order valence-corrected chi connectivity index (χ4v) is 3.69. The van der Waals surface area contributed by atoms with Crippen molar-refractivity contribution in [3.05, 3.63) is 41.1 Å². The topological polar surface area (TPSA) is 46.3 Å². The van der Waals surface area contributed by atoms with Crippen molar-refractivity contribution in [1.29, 1.82) is 0 Å². The minimum absolute atomic E-state index is 0.252. The lowest BCUT2D eigenvalue weighted by Crippen LogP contribution is -2.27. The number of anilines is 1. The van der Waals surface area contributed by atoms with Crippen LogP contribution >= 0.6 is 11.6 Å². The highest BCUT2D eigenvalue weighted by Gasteiger charge is 2.24. The van der Waals surface area contributed by atoms with Gasteiger partial charge in [-0.25, -0.2) is 4.39 Å². The van der Waals surface area contributed by atoms with E-state index in [1.54, 1.807) is 10.6 Å². The number of halogens is 2. The molecule has 0 amide bonds. The molecule has 1 aliphatic heterocycles. The second-order valence-corrected chi connectivity index (χ2v) is 6.82. The van der Waals surface area contributed by atoms with Crippen LogP contribution in [0.4, 0.5) is 10.2 Å². The largest absolute Gasteiger partial charge is 0.356 e. The van der Waals surface area contributed by atoms with Crippen LogP contribution in [0.3, 0.4) is 0 Å². The molecule has 0 atom stereocenters. The zero-order valence-electron chi connectivity index (χ0n) is 14.0. The standard InChI is InChI=1S/C18H19ClFN5/c1-12-6-7-13(14(20)10-12)15-16(19)23-18-21-11-22-25(18)17(15)24-8-4-2-3-5-9-24/h6-7,10-11H,2-5,8-9H2,1H3. The quantitative estimate of drug-likeness (QED) is 0.641. The third kappa shape index (κ3) is 2.95. The highest BCUT2D eigenvalue weighted by Crippen LogP contribution is 2.38. The molecule has 130 valence electrons. The molecule has 1 fully saturated rings. The van der Waals surface area contributed by atoms with Crippen LogP contribution in [0.15, 0.2) is 24.5 Å². The Labute approximate surface area is 150 Å². The smallest absolute Gasteiger partial charge is 0.255 e. The maximum Gasteiger partial charge on any atom is 0.255 e. The monoisotopic (exact) mass is 359 g/mol. The summed E-state index contributed by atoms with van der Waals surface area (Å²) in [6.07, 6.45) is 6.03. The van der Waals surface area contributed by atoms with Gasteiger partial charge >= 0.3 is 0 Å². The fourth-order valence-electron chi connectivity index (χ4n) is 3.43. The van der Waals surface area contributed by atoms with Crippen molar-refractivity contribution < 1.29 is 4.39 Å². The molecule has 0 radical (unpaired) electrons. The molecule has 2 aromatic heterocycles. The molecule has 0 unspecified atom stereocenters. The van der Waals surface area contributed by atoms with Gasteiger partial charge in [0.25, 0.3) is 5.78 Å². The maximum absolute atomic E-state index is 14.7. The predicted octanol–water partition coefficient (Wildman–Crippen LogP) is 4.27. The summed E-state index contributed by atoms with van der Waals surface area (Å²) >= 11 is 6.49. The first-order chi connectivity index (χ1) is 12.1. The van der Waals surface area contributed by atoms with Gasteiger partial charge in [0.15, 0.2) is 0 Å². The molecule has 7 heteroatoms. The molecule has 3 aromatic rings. The van der Waals surface area contributed by atoms with Gasteiger partial charge in [-0.15, -0.1) is 0 Å². The van der Waals surface area contributed by atoms with Crippen molar-refractivity contribution in [2.75, 3.05) is 18.0 Å². The number of hydrogen-bond acceptors (Lipinski definition) is 4. The molecule has 0 spiro atoms. The Morgan fingerprint density at radius 3 is 2.60 bits per heavy atom. The van der Waals surface area contributed by atoms with E-state index < -0.39 is 0 Å². The first kappa shape index (κ1) is 16.3. The van der Waals surface area contributed by atoms with Gasteiger partial charge in [-0.3, -0.25) is 0 Å². The van der Waals surface area contributed by atoms with Gasteiger partial charge in [0.05, 0.1) is 5.56 Å². The van der Waals surface area contributed by atoms with Crippen LogP contribution < -0.4 is 4.90 Å². The second-order valence-electron chi connectivity index (χ2n) is 6.46. The number of nitrogens with zero attached hydrogens (tertiary/aromatic N) is 5. The maximum atomic E-state index is 14.7. The highest BCUT2D eigenvalue weighted by atomic mass is 35.5. The Morgan fingerprint density at radius 1 is 1.12 bits per heavy atom. The van der Waals surface area contributed by atoms with Crippen molar-refractivity contribution in [3.8, 4) is 11.1 Å². The molecule has 0 bridgehead atoms.